The number of carboxylic acids is 1. The van der Waals surface area contributed by atoms with Crippen molar-refractivity contribution in [1.82, 2.24) is 5.32 Å². The molecule has 0 radical (unpaired) electrons. The summed E-state index contributed by atoms with van der Waals surface area (Å²) in [6.07, 6.45) is 0. The highest BCUT2D eigenvalue weighted by atomic mass is 16.5. The molecule has 0 fully saturated rings. The van der Waals surface area contributed by atoms with Gasteiger partial charge in [0.1, 0.15) is 13.1 Å². The van der Waals surface area contributed by atoms with Crippen LogP contribution in [0.25, 0.3) is 0 Å². The monoisotopic (exact) mass is 278 g/mol. The number of fused-ring (bicyclic) bond motifs is 1. The number of aryl methyl sites for hydroxylation is 1. The molecule has 1 amide bonds. The Kier molecular flexibility index (Phi) is 3.88. The predicted molar refractivity (Wildman–Crippen MR) is 69.7 cm³/mol. The van der Waals surface area contributed by atoms with Crippen molar-refractivity contribution in [3.8, 4) is 5.75 Å². The summed E-state index contributed by atoms with van der Waals surface area (Å²) in [4.78, 5) is 35.1. The molecule has 1 aliphatic heterocycles. The number of hydrogen-bond acceptors (Lipinski definition) is 5. The summed E-state index contributed by atoms with van der Waals surface area (Å²) in [7, 11) is 0. The Balaban J connectivity index is 2.11. The van der Waals surface area contributed by atoms with Crippen molar-refractivity contribution in [2.45, 2.75) is 6.92 Å². The lowest BCUT2D eigenvalue weighted by molar-refractivity contribution is -0.138. The van der Waals surface area contributed by atoms with E-state index in [1.54, 1.807) is 17.0 Å². The van der Waals surface area contributed by atoms with Crippen LogP contribution in [0.15, 0.2) is 18.2 Å². The Morgan fingerprint density at radius 3 is 2.90 bits per heavy atom. The molecule has 20 heavy (non-hydrogen) atoms. The third kappa shape index (κ3) is 3.25. The molecule has 0 unspecified atom stereocenters. The van der Waals surface area contributed by atoms with Crippen molar-refractivity contribution in [2.24, 2.45) is 0 Å². The molecule has 2 N–H and O–H groups in total. The SMILES string of the molecule is Cc1ccc2c(c1)OC(=O)CN2CC(=O)NCC(=O)O. The van der Waals surface area contributed by atoms with E-state index in [4.69, 9.17) is 9.84 Å². The Hall–Kier alpha value is -2.57. The minimum atomic E-state index is -1.12. The number of rotatable bonds is 4. The van der Waals surface area contributed by atoms with Crippen LogP contribution in [0.4, 0.5) is 5.69 Å². The van der Waals surface area contributed by atoms with Crippen LogP contribution >= 0.6 is 0 Å². The van der Waals surface area contributed by atoms with Gasteiger partial charge in [0, 0.05) is 0 Å². The summed E-state index contributed by atoms with van der Waals surface area (Å²) in [5, 5.41) is 10.8. The summed E-state index contributed by atoms with van der Waals surface area (Å²) in [6, 6.07) is 5.33. The lowest BCUT2D eigenvalue weighted by Gasteiger charge is -2.29. The van der Waals surface area contributed by atoms with Gasteiger partial charge in [0.25, 0.3) is 0 Å². The van der Waals surface area contributed by atoms with E-state index in [2.05, 4.69) is 5.32 Å². The Labute approximate surface area is 115 Å². The second-order valence-electron chi connectivity index (χ2n) is 4.47. The van der Waals surface area contributed by atoms with Crippen LogP contribution in [0.3, 0.4) is 0 Å². The van der Waals surface area contributed by atoms with Gasteiger partial charge in [-0.2, -0.15) is 0 Å². The van der Waals surface area contributed by atoms with E-state index in [0.717, 1.165) is 5.56 Å². The third-order valence-electron chi connectivity index (χ3n) is 2.77. The number of ether oxygens (including phenoxy) is 1. The quantitative estimate of drug-likeness (QED) is 0.591. The number of amides is 1. The molecule has 1 heterocycles. The smallest absolute Gasteiger partial charge is 0.331 e. The number of carbonyl (C=O) groups excluding carboxylic acids is 2. The van der Waals surface area contributed by atoms with Crippen molar-refractivity contribution in [3.05, 3.63) is 23.8 Å². The first-order valence-electron chi connectivity index (χ1n) is 6.00. The number of esters is 1. The van der Waals surface area contributed by atoms with Gasteiger partial charge in [0.05, 0.1) is 12.2 Å². The minimum absolute atomic E-state index is 0.0451. The fourth-order valence-corrected chi connectivity index (χ4v) is 1.90. The highest BCUT2D eigenvalue weighted by molar-refractivity contribution is 5.90. The predicted octanol–water partition coefficient (Wildman–Crippen LogP) is -0.0788. The zero-order valence-electron chi connectivity index (χ0n) is 10.9. The molecule has 2 rings (SSSR count). The number of nitrogens with zero attached hydrogens (tertiary/aromatic N) is 1. The number of nitrogens with one attached hydrogen (secondary N) is 1. The number of aliphatic carboxylic acids is 1. The van der Waals surface area contributed by atoms with Gasteiger partial charge in [-0.3, -0.25) is 9.59 Å². The van der Waals surface area contributed by atoms with E-state index in [1.165, 1.54) is 0 Å². The minimum Gasteiger partial charge on any atom is -0.480 e. The van der Waals surface area contributed by atoms with Gasteiger partial charge >= 0.3 is 11.9 Å². The van der Waals surface area contributed by atoms with Gasteiger partial charge in [0.2, 0.25) is 5.91 Å². The summed E-state index contributed by atoms with van der Waals surface area (Å²) in [5.41, 5.74) is 1.58. The number of carboxylic acid groups (broad SMARTS) is 1. The molecule has 0 bridgehead atoms. The molecule has 1 aromatic carbocycles. The second-order valence-corrected chi connectivity index (χ2v) is 4.47. The van der Waals surface area contributed by atoms with E-state index in [9.17, 15) is 14.4 Å². The number of carbonyl (C=O) groups is 3. The van der Waals surface area contributed by atoms with E-state index in [-0.39, 0.29) is 13.1 Å². The highest BCUT2D eigenvalue weighted by Gasteiger charge is 2.25. The number of benzene rings is 1. The zero-order valence-corrected chi connectivity index (χ0v) is 10.9. The lowest BCUT2D eigenvalue weighted by Crippen LogP contribution is -2.44. The van der Waals surface area contributed by atoms with Crippen LogP contribution < -0.4 is 15.0 Å². The Bertz CT molecular complexity index is 570. The molecule has 1 aliphatic rings. The van der Waals surface area contributed by atoms with Gasteiger partial charge < -0.3 is 20.1 Å². The first-order valence-corrected chi connectivity index (χ1v) is 6.00. The Morgan fingerprint density at radius 2 is 2.20 bits per heavy atom. The fourth-order valence-electron chi connectivity index (χ4n) is 1.90. The first kappa shape index (κ1) is 13.9. The van der Waals surface area contributed by atoms with Crippen molar-refractivity contribution in [1.29, 1.82) is 0 Å². The van der Waals surface area contributed by atoms with Gasteiger partial charge in [-0.15, -0.1) is 0 Å². The average Bonchev–Trinajstić information content (AvgIpc) is 2.35. The van der Waals surface area contributed by atoms with Gasteiger partial charge in [-0.25, -0.2) is 4.79 Å². The zero-order chi connectivity index (χ0) is 14.7. The summed E-state index contributed by atoms with van der Waals surface area (Å²) < 4.78 is 5.12. The molecule has 0 spiro atoms. The molecule has 0 aliphatic carbocycles. The lowest BCUT2D eigenvalue weighted by atomic mass is 10.1. The van der Waals surface area contributed by atoms with E-state index >= 15 is 0 Å². The number of anilines is 1. The van der Waals surface area contributed by atoms with Gasteiger partial charge in [-0.05, 0) is 24.6 Å². The fraction of sp³-hybridized carbons (Fsp3) is 0.308. The molecule has 7 nitrogen and oxygen atoms in total. The molecular weight excluding hydrogens is 264 g/mol. The van der Waals surface area contributed by atoms with Crippen LogP contribution in [0.1, 0.15) is 5.56 Å². The molecule has 1 aromatic rings. The number of hydrogen-bond donors (Lipinski definition) is 2. The van der Waals surface area contributed by atoms with Crippen molar-refractivity contribution in [2.75, 3.05) is 24.5 Å². The molecule has 106 valence electrons. The summed E-state index contributed by atoms with van der Waals surface area (Å²) in [5.74, 6) is -1.62. The van der Waals surface area contributed by atoms with Crippen LogP contribution in [-0.4, -0.2) is 42.6 Å². The van der Waals surface area contributed by atoms with Crippen LogP contribution in [0.5, 0.6) is 5.75 Å². The molecule has 0 saturated carbocycles. The van der Waals surface area contributed by atoms with Crippen LogP contribution in [0, 0.1) is 6.92 Å². The average molecular weight is 278 g/mol. The van der Waals surface area contributed by atoms with E-state index in [1.807, 2.05) is 13.0 Å². The van der Waals surface area contributed by atoms with Crippen molar-refractivity contribution < 1.29 is 24.2 Å². The van der Waals surface area contributed by atoms with Crippen molar-refractivity contribution in [3.63, 3.8) is 0 Å². The molecule has 0 atom stereocenters. The first-order chi connectivity index (χ1) is 9.45. The molecule has 0 aromatic heterocycles. The second kappa shape index (κ2) is 5.60. The molecule has 0 saturated heterocycles. The largest absolute Gasteiger partial charge is 0.480 e. The maximum Gasteiger partial charge on any atom is 0.331 e. The maximum absolute atomic E-state index is 11.6. The van der Waals surface area contributed by atoms with Gasteiger partial charge in [0.15, 0.2) is 5.75 Å². The standard InChI is InChI=1S/C13H14N2O5/c1-8-2-3-9-10(4-8)20-13(19)7-15(9)6-11(16)14-5-12(17)18/h2-4H,5-7H2,1H3,(H,14,16)(H,17,18). The maximum atomic E-state index is 11.6. The van der Waals surface area contributed by atoms with E-state index in [0.29, 0.717) is 11.4 Å². The molecule has 7 heteroatoms. The molecular formula is C13H14N2O5. The third-order valence-corrected chi connectivity index (χ3v) is 2.77. The van der Waals surface area contributed by atoms with E-state index < -0.39 is 24.4 Å². The van der Waals surface area contributed by atoms with Gasteiger partial charge in [-0.1, -0.05) is 6.07 Å². The summed E-state index contributed by atoms with van der Waals surface area (Å²) >= 11 is 0. The van der Waals surface area contributed by atoms with Crippen LogP contribution in [-0.2, 0) is 14.4 Å². The summed E-state index contributed by atoms with van der Waals surface area (Å²) in [6.45, 7) is 1.28. The highest BCUT2D eigenvalue weighted by Crippen LogP contribution is 2.32. The normalized spacial score (nSPS) is 13.4. The topological polar surface area (TPSA) is 95.9 Å². The Morgan fingerprint density at radius 1 is 1.45 bits per heavy atom. The van der Waals surface area contributed by atoms with Crippen LogP contribution in [0.2, 0.25) is 0 Å². The van der Waals surface area contributed by atoms with Crippen molar-refractivity contribution >= 4 is 23.5 Å².